The molecular weight excluding hydrogens is 301 g/mol. The number of hydrogen-bond donors (Lipinski definition) is 1. The molecule has 1 aromatic rings. The average molecular weight is 304 g/mol. The summed E-state index contributed by atoms with van der Waals surface area (Å²) < 4.78 is 61.0. The van der Waals surface area contributed by atoms with E-state index in [1.807, 2.05) is 0 Å². The van der Waals surface area contributed by atoms with Crippen LogP contribution in [0.5, 0.6) is 0 Å². The normalized spacial score (nSPS) is 11.4. The van der Waals surface area contributed by atoms with Gasteiger partial charge in [0.25, 0.3) is 0 Å². The van der Waals surface area contributed by atoms with Crippen LogP contribution in [0.1, 0.15) is 0 Å². The zero-order valence-corrected chi connectivity index (χ0v) is 8.92. The lowest BCUT2D eigenvalue weighted by Gasteiger charge is -2.09. The van der Waals surface area contributed by atoms with Gasteiger partial charge in [0.2, 0.25) is 0 Å². The van der Waals surface area contributed by atoms with Gasteiger partial charge in [-0.2, -0.15) is 13.2 Å². The van der Waals surface area contributed by atoms with Crippen molar-refractivity contribution in [2.24, 2.45) is 0 Å². The van der Waals surface area contributed by atoms with Crippen LogP contribution in [0.2, 0.25) is 0 Å². The molecule has 0 aromatic heterocycles. The summed E-state index contributed by atoms with van der Waals surface area (Å²) in [4.78, 5) is 10.4. The molecule has 0 aliphatic rings. The van der Waals surface area contributed by atoms with Crippen LogP contribution in [-0.4, -0.2) is 12.1 Å². The van der Waals surface area contributed by atoms with Gasteiger partial charge in [0.05, 0.1) is 10.2 Å². The van der Waals surface area contributed by atoms with Crippen molar-refractivity contribution in [2.75, 3.05) is 5.32 Å². The minimum Gasteiger partial charge on any atom is -0.316 e. The highest BCUT2D eigenvalue weighted by atomic mass is 79.9. The van der Waals surface area contributed by atoms with Crippen LogP contribution in [0.25, 0.3) is 0 Å². The first-order valence-corrected chi connectivity index (χ1v) is 4.54. The van der Waals surface area contributed by atoms with E-state index in [4.69, 9.17) is 0 Å². The second-order valence-corrected chi connectivity index (χ2v) is 3.55. The molecule has 1 aromatic carbocycles. The van der Waals surface area contributed by atoms with E-state index in [9.17, 15) is 26.7 Å². The Balaban J connectivity index is 2.99. The van der Waals surface area contributed by atoms with Crippen LogP contribution in [0.4, 0.5) is 27.6 Å². The van der Waals surface area contributed by atoms with Crippen molar-refractivity contribution < 1.29 is 26.7 Å². The van der Waals surface area contributed by atoms with E-state index < -0.39 is 29.4 Å². The maximum atomic E-state index is 13.0. The van der Waals surface area contributed by atoms with Crippen molar-refractivity contribution in [1.29, 1.82) is 0 Å². The zero-order valence-electron chi connectivity index (χ0n) is 7.33. The lowest BCUT2D eigenvalue weighted by molar-refractivity contribution is -0.167. The summed E-state index contributed by atoms with van der Waals surface area (Å²) in [5, 5.41) is 1.22. The lowest BCUT2D eigenvalue weighted by Crippen LogP contribution is -2.30. The molecule has 0 bridgehead atoms. The van der Waals surface area contributed by atoms with Crippen molar-refractivity contribution >= 4 is 27.5 Å². The number of benzene rings is 1. The number of rotatable bonds is 1. The summed E-state index contributed by atoms with van der Waals surface area (Å²) in [5.74, 6) is -4.53. The zero-order chi connectivity index (χ0) is 12.5. The average Bonchev–Trinajstić information content (AvgIpc) is 2.12. The molecule has 0 aliphatic heterocycles. The monoisotopic (exact) mass is 303 g/mol. The molecule has 0 saturated carbocycles. The molecule has 16 heavy (non-hydrogen) atoms. The van der Waals surface area contributed by atoms with E-state index in [2.05, 4.69) is 15.9 Å². The first-order chi connectivity index (χ1) is 7.21. The molecule has 88 valence electrons. The Labute approximate surface area is 94.6 Å². The van der Waals surface area contributed by atoms with Crippen LogP contribution in [0, 0.1) is 11.6 Å². The summed E-state index contributed by atoms with van der Waals surface area (Å²) in [5.41, 5.74) is -0.872. The third kappa shape index (κ3) is 2.91. The van der Waals surface area contributed by atoms with Gasteiger partial charge in [0, 0.05) is 6.07 Å². The molecule has 0 fully saturated rings. The van der Waals surface area contributed by atoms with Gasteiger partial charge in [-0.3, -0.25) is 4.79 Å². The minimum absolute atomic E-state index is 0.255. The Morgan fingerprint density at radius 3 is 2.25 bits per heavy atom. The maximum Gasteiger partial charge on any atom is 0.471 e. The molecule has 0 unspecified atom stereocenters. The fraction of sp³-hybridized carbons (Fsp3) is 0.125. The molecule has 0 heterocycles. The first-order valence-electron chi connectivity index (χ1n) is 3.74. The van der Waals surface area contributed by atoms with Gasteiger partial charge in [0.15, 0.2) is 0 Å². The number of alkyl halides is 3. The topological polar surface area (TPSA) is 29.1 Å². The van der Waals surface area contributed by atoms with Crippen LogP contribution >= 0.6 is 15.9 Å². The third-order valence-corrected chi connectivity index (χ3v) is 2.12. The fourth-order valence-electron chi connectivity index (χ4n) is 0.812. The van der Waals surface area contributed by atoms with Gasteiger partial charge in [-0.1, -0.05) is 0 Å². The quantitative estimate of drug-likeness (QED) is 0.626. The Hall–Kier alpha value is -1.18. The van der Waals surface area contributed by atoms with Crippen molar-refractivity contribution in [2.45, 2.75) is 6.18 Å². The number of halogens is 6. The molecule has 0 saturated heterocycles. The predicted molar refractivity (Wildman–Crippen MR) is 48.7 cm³/mol. The third-order valence-electron chi connectivity index (χ3n) is 1.52. The number of anilines is 1. The van der Waals surface area contributed by atoms with Crippen molar-refractivity contribution in [3.8, 4) is 0 Å². The number of nitrogens with one attached hydrogen (secondary N) is 1. The summed E-state index contributed by atoms with van der Waals surface area (Å²) in [6, 6.07) is 1.06. The Morgan fingerprint density at radius 1 is 1.19 bits per heavy atom. The number of carbonyl (C=O) groups excluding carboxylic acids is 1. The van der Waals surface area contributed by atoms with Crippen LogP contribution in [0.3, 0.4) is 0 Å². The molecule has 1 amide bonds. The summed E-state index contributed by atoms with van der Waals surface area (Å²) in [7, 11) is 0. The van der Waals surface area contributed by atoms with Gasteiger partial charge in [-0.15, -0.1) is 0 Å². The van der Waals surface area contributed by atoms with E-state index in [0.29, 0.717) is 12.1 Å². The smallest absolute Gasteiger partial charge is 0.316 e. The SMILES string of the molecule is O=C(Nc1cc(F)c(Br)cc1F)C(F)(F)F. The van der Waals surface area contributed by atoms with E-state index in [0.717, 1.165) is 0 Å². The number of hydrogen-bond acceptors (Lipinski definition) is 1. The second kappa shape index (κ2) is 4.36. The lowest BCUT2D eigenvalue weighted by atomic mass is 10.3. The molecular formula is C8H3BrF5NO. The minimum atomic E-state index is -5.16. The highest BCUT2D eigenvalue weighted by Crippen LogP contribution is 2.25. The van der Waals surface area contributed by atoms with Crippen LogP contribution < -0.4 is 5.32 Å². The molecule has 0 aliphatic carbocycles. The maximum absolute atomic E-state index is 13.0. The Kier molecular flexibility index (Phi) is 3.51. The largest absolute Gasteiger partial charge is 0.471 e. The number of amides is 1. The van der Waals surface area contributed by atoms with E-state index in [-0.39, 0.29) is 4.47 Å². The fourth-order valence-corrected chi connectivity index (χ4v) is 1.13. The highest BCUT2D eigenvalue weighted by molar-refractivity contribution is 9.10. The van der Waals surface area contributed by atoms with Gasteiger partial charge in [-0.05, 0) is 22.0 Å². The molecule has 0 atom stereocenters. The first kappa shape index (κ1) is 12.9. The molecule has 1 N–H and O–H groups in total. The van der Waals surface area contributed by atoms with Crippen molar-refractivity contribution in [1.82, 2.24) is 0 Å². The van der Waals surface area contributed by atoms with Gasteiger partial charge >= 0.3 is 12.1 Å². The predicted octanol–water partition coefficient (Wildman–Crippen LogP) is 3.23. The highest BCUT2D eigenvalue weighted by Gasteiger charge is 2.39. The van der Waals surface area contributed by atoms with Crippen molar-refractivity contribution in [3.05, 3.63) is 28.2 Å². The Morgan fingerprint density at radius 2 is 1.75 bits per heavy atom. The van der Waals surface area contributed by atoms with Gasteiger partial charge in [-0.25, -0.2) is 8.78 Å². The molecule has 2 nitrogen and oxygen atoms in total. The summed E-state index contributed by atoms with van der Waals surface area (Å²) in [6.07, 6.45) is -5.16. The standard InChI is InChI=1S/C8H3BrF5NO/c9-3-1-5(11)6(2-4(3)10)15-7(16)8(12,13)14/h1-2H,(H,15,16). The molecule has 0 spiro atoms. The molecule has 1 rings (SSSR count). The number of carbonyl (C=O) groups is 1. The Bertz CT molecular complexity index is 431. The summed E-state index contributed by atoms with van der Waals surface area (Å²) in [6.45, 7) is 0. The van der Waals surface area contributed by atoms with Crippen LogP contribution in [-0.2, 0) is 4.79 Å². The van der Waals surface area contributed by atoms with Gasteiger partial charge < -0.3 is 5.32 Å². The summed E-state index contributed by atoms with van der Waals surface area (Å²) >= 11 is 2.64. The van der Waals surface area contributed by atoms with E-state index >= 15 is 0 Å². The van der Waals surface area contributed by atoms with Gasteiger partial charge in [0.1, 0.15) is 11.6 Å². The second-order valence-electron chi connectivity index (χ2n) is 2.70. The molecule has 0 radical (unpaired) electrons. The van der Waals surface area contributed by atoms with E-state index in [1.165, 1.54) is 5.32 Å². The van der Waals surface area contributed by atoms with Crippen LogP contribution in [0.15, 0.2) is 16.6 Å². The van der Waals surface area contributed by atoms with Crippen molar-refractivity contribution in [3.63, 3.8) is 0 Å². The van der Waals surface area contributed by atoms with E-state index in [1.54, 1.807) is 0 Å². The molecule has 8 heteroatoms.